The van der Waals surface area contributed by atoms with Gasteiger partial charge in [-0.15, -0.1) is 23.1 Å². The van der Waals surface area contributed by atoms with Crippen LogP contribution in [0, 0.1) is 11.3 Å². The van der Waals surface area contributed by atoms with Crippen LogP contribution < -0.4 is 16.9 Å². The number of thioether (sulfide) groups is 1. The van der Waals surface area contributed by atoms with Gasteiger partial charge in [0.15, 0.2) is 28.1 Å². The van der Waals surface area contributed by atoms with Crippen LogP contribution in [0.3, 0.4) is 0 Å². The van der Waals surface area contributed by atoms with Crippen molar-refractivity contribution in [3.63, 3.8) is 0 Å². The fourth-order valence-electron chi connectivity index (χ4n) is 7.85. The van der Waals surface area contributed by atoms with Crippen molar-refractivity contribution in [2.24, 2.45) is 16.5 Å². The number of carbonyl (C=O) groups excluding carboxylic acids is 2. The molecule has 0 radical (unpaired) electrons. The van der Waals surface area contributed by atoms with Crippen LogP contribution in [-0.4, -0.2) is 117 Å². The molecule has 7 N–H and O–H groups in total. The number of phenolic OH excluding ortho intramolecular Hbond substituents is 2. The number of ketones is 1. The second-order valence-corrected chi connectivity index (χ2v) is 17.0. The fourth-order valence-corrected chi connectivity index (χ4v) is 9.80. The van der Waals surface area contributed by atoms with Gasteiger partial charge >= 0.3 is 11.9 Å². The number of H-pyrrole nitrogens is 1. The number of β-lactam (4-membered cyclic amide) rings is 1. The molecule has 18 nitrogen and oxygen atoms in total. The molecule has 5 aliphatic heterocycles. The highest BCUT2D eigenvalue weighted by molar-refractivity contribution is 8.00. The Hall–Kier alpha value is -5.21. The van der Waals surface area contributed by atoms with Crippen LogP contribution in [0.2, 0.25) is 0 Å². The minimum Gasteiger partial charge on any atom is -0.504 e. The molecule has 2 atom stereocenters. The Balaban J connectivity index is 1.05. The number of amides is 1. The SMILES string of the molecule is CC(C)(O/N=C(\C(=O)C[C@@H]1C(=O)N2C(C(=O)O)=C(C[N+]34CCC(Cn5[nH]c(=O)c6cc(O)c(O)cc6c5=O)(CC3)CC4)CS[C@H]12)c1csc(N)n1)C(=O)O. The Labute approximate surface area is 314 Å². The lowest BCUT2D eigenvalue weighted by atomic mass is 9.70. The Morgan fingerprint density at radius 3 is 2.33 bits per heavy atom. The second kappa shape index (κ2) is 13.3. The first kappa shape index (κ1) is 37.1. The molecule has 2 bridgehead atoms. The van der Waals surface area contributed by atoms with E-state index in [-0.39, 0.29) is 51.4 Å². The lowest BCUT2D eigenvalue weighted by Crippen LogP contribution is -2.65. The number of Topliss-reactive ketones (excluding diaryl/α,β-unsaturated/α-hetero) is 1. The zero-order chi connectivity index (χ0) is 38.9. The molecule has 1 amide bonds. The predicted octanol–water partition coefficient (Wildman–Crippen LogP) is 1.25. The summed E-state index contributed by atoms with van der Waals surface area (Å²) in [6.07, 6.45) is 1.79. The Kier molecular flexibility index (Phi) is 9.12. The first-order valence-electron chi connectivity index (χ1n) is 17.1. The van der Waals surface area contributed by atoms with E-state index in [0.29, 0.717) is 61.3 Å². The summed E-state index contributed by atoms with van der Waals surface area (Å²) in [5, 5.41) is 47.0. The van der Waals surface area contributed by atoms with Gasteiger partial charge in [0.2, 0.25) is 11.5 Å². The number of aliphatic carboxylic acids is 2. The molecular formula is C34H38N7O11S2+. The van der Waals surface area contributed by atoms with Gasteiger partial charge in [-0.3, -0.25) is 29.2 Å². The summed E-state index contributed by atoms with van der Waals surface area (Å²) in [5.41, 5.74) is 2.97. The molecule has 7 heterocycles. The van der Waals surface area contributed by atoms with Gasteiger partial charge in [-0.25, -0.2) is 19.3 Å². The summed E-state index contributed by atoms with van der Waals surface area (Å²) in [5.74, 6) is -5.23. The number of carboxylic acid groups (broad SMARTS) is 2. The van der Waals surface area contributed by atoms with E-state index in [1.54, 1.807) is 0 Å². The topological polar surface area (TPSA) is 268 Å². The number of thiazole rings is 1. The van der Waals surface area contributed by atoms with Crippen LogP contribution in [-0.2, 0) is 30.6 Å². The Morgan fingerprint density at radius 2 is 1.74 bits per heavy atom. The normalized spacial score (nSPS) is 25.4. The molecule has 5 aliphatic rings. The molecule has 0 spiro atoms. The maximum absolute atomic E-state index is 13.6. The highest BCUT2D eigenvalue weighted by Gasteiger charge is 2.56. The molecule has 20 heteroatoms. The minimum absolute atomic E-state index is 0.00242. The van der Waals surface area contributed by atoms with Crippen molar-refractivity contribution >= 4 is 68.3 Å². The predicted molar refractivity (Wildman–Crippen MR) is 195 cm³/mol. The van der Waals surface area contributed by atoms with Gasteiger partial charge in [0.1, 0.15) is 17.9 Å². The molecule has 0 aliphatic carbocycles. The Morgan fingerprint density at radius 1 is 1.09 bits per heavy atom. The molecule has 0 saturated carbocycles. The molecule has 4 saturated heterocycles. The third-order valence-electron chi connectivity index (χ3n) is 11.1. The van der Waals surface area contributed by atoms with Crippen molar-refractivity contribution in [1.29, 1.82) is 0 Å². The third kappa shape index (κ3) is 6.40. The van der Waals surface area contributed by atoms with Crippen LogP contribution in [0.15, 0.2) is 43.5 Å². The van der Waals surface area contributed by atoms with E-state index in [2.05, 4.69) is 15.2 Å². The smallest absolute Gasteiger partial charge is 0.352 e. The number of rotatable bonds is 12. The van der Waals surface area contributed by atoms with Crippen molar-refractivity contribution in [1.82, 2.24) is 19.7 Å². The first-order valence-corrected chi connectivity index (χ1v) is 19.0. The average Bonchev–Trinajstić information content (AvgIpc) is 3.56. The minimum atomic E-state index is -1.77. The van der Waals surface area contributed by atoms with Crippen molar-refractivity contribution in [3.8, 4) is 11.5 Å². The number of aromatic amines is 1. The number of oxime groups is 1. The van der Waals surface area contributed by atoms with Gasteiger partial charge in [-0.1, -0.05) is 5.16 Å². The third-order valence-corrected chi connectivity index (χ3v) is 13.2. The summed E-state index contributed by atoms with van der Waals surface area (Å²) in [6, 6.07) is 2.16. The number of carboxylic acids is 2. The first-order chi connectivity index (χ1) is 25.4. The number of nitrogen functional groups attached to an aromatic ring is 1. The quantitative estimate of drug-likeness (QED) is 0.0497. The van der Waals surface area contributed by atoms with E-state index >= 15 is 0 Å². The number of nitrogens with one attached hydrogen (secondary N) is 1. The molecule has 2 aromatic heterocycles. The number of nitrogens with two attached hydrogens (primary N) is 1. The van der Waals surface area contributed by atoms with Gasteiger partial charge < -0.3 is 35.5 Å². The number of quaternary nitrogens is 1. The lowest BCUT2D eigenvalue weighted by molar-refractivity contribution is -0.941. The summed E-state index contributed by atoms with van der Waals surface area (Å²) in [4.78, 5) is 88.1. The molecule has 4 fully saturated rings. The molecule has 8 rings (SSSR count). The van der Waals surface area contributed by atoms with Crippen LogP contribution in [0.4, 0.5) is 5.13 Å². The standard InChI is InChI=1S/C34H37N7O11S2/c1-33(2,31(50)51)52-38-24(20-14-54-32(35)36-20)23(44)11-19-28(47)40-25(30(48)49)16(13-53-29(19)40)12-41-6-3-34(4-7-41,5-8-41)15-39-27(46)18-10-22(43)21(42)9-17(18)26(45)37-39/h9-10,14,19,29H,3-8,11-13,15H2,1-2H3,(H6-,35,36,37,38,42,43,44,45,46,48,49,50,51)/p+1/t19-,29-,34?,41?/m1/s1. The van der Waals surface area contributed by atoms with E-state index < -0.39 is 63.1 Å². The number of piperidine rings is 3. The summed E-state index contributed by atoms with van der Waals surface area (Å²) in [7, 11) is 0. The van der Waals surface area contributed by atoms with E-state index in [1.165, 1.54) is 40.6 Å². The number of aromatic nitrogens is 3. The van der Waals surface area contributed by atoms with Crippen molar-refractivity contribution in [2.45, 2.75) is 57.1 Å². The number of carbonyl (C=O) groups is 4. The Bertz CT molecular complexity index is 2280. The monoisotopic (exact) mass is 784 g/mol. The van der Waals surface area contributed by atoms with E-state index in [4.69, 9.17) is 10.6 Å². The number of aromatic hydroxyl groups is 2. The van der Waals surface area contributed by atoms with Crippen LogP contribution in [0.25, 0.3) is 10.8 Å². The largest absolute Gasteiger partial charge is 0.504 e. The summed E-state index contributed by atoms with van der Waals surface area (Å²) >= 11 is 2.42. The van der Waals surface area contributed by atoms with Crippen molar-refractivity contribution in [2.75, 3.05) is 37.7 Å². The molecular weight excluding hydrogens is 747 g/mol. The van der Waals surface area contributed by atoms with Crippen LogP contribution in [0.5, 0.6) is 11.5 Å². The summed E-state index contributed by atoms with van der Waals surface area (Å²) < 4.78 is 1.89. The van der Waals surface area contributed by atoms with Crippen molar-refractivity contribution in [3.05, 3.63) is 55.2 Å². The number of phenols is 2. The van der Waals surface area contributed by atoms with Crippen LogP contribution in [0.1, 0.15) is 45.2 Å². The molecule has 286 valence electrons. The van der Waals surface area contributed by atoms with E-state index in [1.807, 2.05) is 0 Å². The maximum atomic E-state index is 13.6. The number of nitrogens with zero attached hydrogens (tertiary/aromatic N) is 5. The zero-order valence-corrected chi connectivity index (χ0v) is 30.9. The van der Waals surface area contributed by atoms with Crippen LogP contribution >= 0.6 is 23.1 Å². The number of fused-ring (bicyclic) bond motifs is 5. The van der Waals surface area contributed by atoms with Crippen molar-refractivity contribution < 1.29 is 48.9 Å². The summed E-state index contributed by atoms with van der Waals surface area (Å²) in [6.45, 7) is 5.28. The number of anilines is 1. The van der Waals surface area contributed by atoms with Gasteiger partial charge in [0.25, 0.3) is 11.1 Å². The number of hydrogen-bond donors (Lipinski definition) is 6. The van der Waals surface area contributed by atoms with Gasteiger partial charge in [-0.2, -0.15) is 0 Å². The maximum Gasteiger partial charge on any atom is 0.352 e. The zero-order valence-electron chi connectivity index (χ0n) is 29.2. The highest BCUT2D eigenvalue weighted by Crippen LogP contribution is 2.49. The lowest BCUT2D eigenvalue weighted by Gasteiger charge is -2.56. The number of benzene rings is 1. The molecule has 54 heavy (non-hydrogen) atoms. The highest BCUT2D eigenvalue weighted by atomic mass is 32.2. The molecule has 0 unspecified atom stereocenters. The average molecular weight is 785 g/mol. The van der Waals surface area contributed by atoms with Gasteiger partial charge in [0.05, 0.1) is 41.7 Å². The van der Waals surface area contributed by atoms with E-state index in [0.717, 1.165) is 23.5 Å². The van der Waals surface area contributed by atoms with Gasteiger partial charge in [0, 0.05) is 54.3 Å². The fraction of sp³-hybridized carbons (Fsp3) is 0.471. The van der Waals surface area contributed by atoms with Gasteiger partial charge in [-0.05, 0) is 26.0 Å². The molecule has 1 aromatic carbocycles. The molecule has 3 aromatic rings. The second-order valence-electron chi connectivity index (χ2n) is 15.0. The number of hydrogen-bond acceptors (Lipinski definition) is 14. The van der Waals surface area contributed by atoms with E-state index in [9.17, 15) is 49.2 Å².